The molecule has 0 radical (unpaired) electrons. The van der Waals surface area contributed by atoms with Crippen LogP contribution in [0.2, 0.25) is 5.15 Å². The predicted molar refractivity (Wildman–Crippen MR) is 54.0 cm³/mol. The van der Waals surface area contributed by atoms with Gasteiger partial charge in [0.15, 0.2) is 10.6 Å². The van der Waals surface area contributed by atoms with Crippen molar-refractivity contribution in [2.75, 3.05) is 0 Å². The molecule has 4 nitrogen and oxygen atoms in total. The lowest BCUT2D eigenvalue weighted by atomic mass is 10.1. The number of rotatable bonds is 2. The summed E-state index contributed by atoms with van der Waals surface area (Å²) in [7, 11) is 0. The standard InChI is InChI=1S/C9H11ClN4/c1-5-7(6-2-3-6)8(10)13-14(4-11)9(5)12/h4,6,11-12H,2-3H2,1H3. The van der Waals surface area contributed by atoms with Crippen LogP contribution >= 0.6 is 11.6 Å². The molecule has 5 heteroatoms. The molecule has 1 saturated carbocycles. The largest absolute Gasteiger partial charge is 0.289 e. The molecule has 2 N–H and O–H groups in total. The maximum absolute atomic E-state index is 7.74. The Kier molecular flexibility index (Phi) is 2.15. The summed E-state index contributed by atoms with van der Waals surface area (Å²) in [5.41, 5.74) is 2.09. The summed E-state index contributed by atoms with van der Waals surface area (Å²) in [6.45, 7) is 1.86. The highest BCUT2D eigenvalue weighted by Crippen LogP contribution is 2.43. The minimum Gasteiger partial charge on any atom is -0.289 e. The van der Waals surface area contributed by atoms with Crippen LogP contribution in [0.1, 0.15) is 29.9 Å². The monoisotopic (exact) mass is 210 g/mol. The molecular formula is C9H11ClN4. The fourth-order valence-electron chi connectivity index (χ4n) is 1.59. The highest BCUT2D eigenvalue weighted by molar-refractivity contribution is 6.30. The smallest absolute Gasteiger partial charge is 0.153 e. The number of nitrogens with one attached hydrogen (secondary N) is 2. The number of hydrogen-bond acceptors (Lipinski definition) is 3. The quantitative estimate of drug-likeness (QED) is 0.566. The number of halogens is 1. The first-order valence-corrected chi connectivity index (χ1v) is 4.87. The van der Waals surface area contributed by atoms with Gasteiger partial charge in [-0.3, -0.25) is 10.8 Å². The summed E-state index contributed by atoms with van der Waals surface area (Å²) >= 11 is 6.00. The van der Waals surface area contributed by atoms with Gasteiger partial charge in [0, 0.05) is 5.56 Å². The van der Waals surface area contributed by atoms with Crippen LogP contribution in [0, 0.1) is 17.7 Å². The SMILES string of the molecule is Cc1c(C2CC2)c(Cl)nn(C=N)c1=N. The second-order valence-electron chi connectivity index (χ2n) is 3.53. The van der Waals surface area contributed by atoms with Crippen molar-refractivity contribution in [2.45, 2.75) is 25.7 Å². The van der Waals surface area contributed by atoms with E-state index in [0.29, 0.717) is 11.1 Å². The van der Waals surface area contributed by atoms with Gasteiger partial charge < -0.3 is 0 Å². The molecule has 0 aliphatic heterocycles. The van der Waals surface area contributed by atoms with Gasteiger partial charge in [0.05, 0.1) is 0 Å². The zero-order valence-corrected chi connectivity index (χ0v) is 8.60. The van der Waals surface area contributed by atoms with Gasteiger partial charge in [-0.15, -0.1) is 0 Å². The number of aromatic nitrogens is 2. The molecule has 0 atom stereocenters. The number of nitrogens with zero attached hydrogens (tertiary/aromatic N) is 2. The van der Waals surface area contributed by atoms with Gasteiger partial charge in [0.25, 0.3) is 0 Å². The van der Waals surface area contributed by atoms with E-state index < -0.39 is 0 Å². The third kappa shape index (κ3) is 1.35. The Balaban J connectivity index is 2.67. The molecule has 0 unspecified atom stereocenters. The van der Waals surface area contributed by atoms with Gasteiger partial charge in [-0.05, 0) is 31.2 Å². The Hall–Kier alpha value is -1.16. The Labute approximate surface area is 86.5 Å². The van der Waals surface area contributed by atoms with Crippen LogP contribution in [0.15, 0.2) is 0 Å². The van der Waals surface area contributed by atoms with E-state index in [0.717, 1.165) is 30.3 Å². The molecule has 74 valence electrons. The molecule has 0 aromatic carbocycles. The molecule has 1 aromatic heterocycles. The maximum atomic E-state index is 7.74. The molecule has 0 bridgehead atoms. The predicted octanol–water partition coefficient (Wildman–Crippen LogP) is 1.66. The van der Waals surface area contributed by atoms with E-state index in [9.17, 15) is 0 Å². The second kappa shape index (κ2) is 3.20. The molecule has 0 spiro atoms. The highest BCUT2D eigenvalue weighted by Gasteiger charge is 2.29. The molecular weight excluding hydrogens is 200 g/mol. The molecule has 1 heterocycles. The first kappa shape index (κ1) is 9.40. The molecule has 14 heavy (non-hydrogen) atoms. The zero-order chi connectivity index (χ0) is 10.3. The fraction of sp³-hybridized carbons (Fsp3) is 0.444. The van der Waals surface area contributed by atoms with Crippen molar-refractivity contribution < 1.29 is 0 Å². The molecule has 0 saturated heterocycles. The Morgan fingerprint density at radius 3 is 2.71 bits per heavy atom. The van der Waals surface area contributed by atoms with Crippen LogP contribution in [0.3, 0.4) is 0 Å². The summed E-state index contributed by atoms with van der Waals surface area (Å²) in [6.07, 6.45) is 3.27. The summed E-state index contributed by atoms with van der Waals surface area (Å²) < 4.78 is 1.18. The van der Waals surface area contributed by atoms with E-state index in [-0.39, 0.29) is 5.49 Å². The highest BCUT2D eigenvalue weighted by atomic mass is 35.5. The topological polar surface area (TPSA) is 65.5 Å². The number of hydrogen-bond donors (Lipinski definition) is 2. The molecule has 1 fully saturated rings. The van der Waals surface area contributed by atoms with E-state index in [1.807, 2.05) is 6.92 Å². The Morgan fingerprint density at radius 1 is 1.57 bits per heavy atom. The van der Waals surface area contributed by atoms with Crippen LogP contribution < -0.4 is 5.49 Å². The van der Waals surface area contributed by atoms with Crippen LogP contribution in [0.5, 0.6) is 0 Å². The zero-order valence-electron chi connectivity index (χ0n) is 7.84. The lowest BCUT2D eigenvalue weighted by Gasteiger charge is -2.08. The summed E-state index contributed by atoms with van der Waals surface area (Å²) in [4.78, 5) is 0. The van der Waals surface area contributed by atoms with Crippen molar-refractivity contribution in [3.05, 3.63) is 21.8 Å². The first-order valence-electron chi connectivity index (χ1n) is 4.49. The third-order valence-electron chi connectivity index (χ3n) is 2.51. The van der Waals surface area contributed by atoms with Crippen molar-refractivity contribution in [1.82, 2.24) is 9.78 Å². The first-order chi connectivity index (χ1) is 6.65. The molecule has 1 aliphatic rings. The molecule has 0 amide bonds. The van der Waals surface area contributed by atoms with E-state index in [1.54, 1.807) is 0 Å². The molecule has 2 rings (SSSR count). The minimum absolute atomic E-state index is 0.256. The van der Waals surface area contributed by atoms with Gasteiger partial charge in [-0.25, -0.2) is 4.68 Å². The van der Waals surface area contributed by atoms with Gasteiger partial charge in [-0.1, -0.05) is 11.6 Å². The normalized spacial score (nSPS) is 15.6. The van der Waals surface area contributed by atoms with Gasteiger partial charge in [0.1, 0.15) is 6.34 Å². The summed E-state index contributed by atoms with van der Waals surface area (Å²) in [5, 5.41) is 19.2. The van der Waals surface area contributed by atoms with Crippen molar-refractivity contribution in [3.63, 3.8) is 0 Å². The van der Waals surface area contributed by atoms with Gasteiger partial charge in [-0.2, -0.15) is 5.10 Å². The Bertz CT molecular complexity index is 445. The van der Waals surface area contributed by atoms with Gasteiger partial charge >= 0.3 is 0 Å². The summed E-state index contributed by atoms with van der Waals surface area (Å²) in [5.74, 6) is 0.486. The lowest BCUT2D eigenvalue weighted by molar-refractivity contribution is 0.794. The van der Waals surface area contributed by atoms with Crippen molar-refractivity contribution in [1.29, 1.82) is 10.8 Å². The van der Waals surface area contributed by atoms with E-state index in [2.05, 4.69) is 5.10 Å². The van der Waals surface area contributed by atoms with Crippen LogP contribution in [-0.2, 0) is 0 Å². The van der Waals surface area contributed by atoms with Crippen molar-refractivity contribution in [2.24, 2.45) is 0 Å². The minimum atomic E-state index is 0.256. The van der Waals surface area contributed by atoms with E-state index in [4.69, 9.17) is 22.4 Å². The van der Waals surface area contributed by atoms with E-state index in [1.165, 1.54) is 4.68 Å². The lowest BCUT2D eigenvalue weighted by Crippen LogP contribution is -2.26. The van der Waals surface area contributed by atoms with Crippen LogP contribution in [0.25, 0.3) is 0 Å². The van der Waals surface area contributed by atoms with Crippen molar-refractivity contribution >= 4 is 17.9 Å². The molecule has 1 aliphatic carbocycles. The average molecular weight is 211 g/mol. The second-order valence-corrected chi connectivity index (χ2v) is 3.88. The average Bonchev–Trinajstić information content (AvgIpc) is 2.95. The third-order valence-corrected chi connectivity index (χ3v) is 2.79. The molecule has 1 aromatic rings. The van der Waals surface area contributed by atoms with Crippen molar-refractivity contribution in [3.8, 4) is 0 Å². The van der Waals surface area contributed by atoms with Gasteiger partial charge in [0.2, 0.25) is 0 Å². The Morgan fingerprint density at radius 2 is 2.21 bits per heavy atom. The van der Waals surface area contributed by atoms with E-state index >= 15 is 0 Å². The fourth-order valence-corrected chi connectivity index (χ4v) is 1.97. The van der Waals surface area contributed by atoms with Crippen LogP contribution in [0.4, 0.5) is 0 Å². The maximum Gasteiger partial charge on any atom is 0.153 e. The van der Waals surface area contributed by atoms with Crippen LogP contribution in [-0.4, -0.2) is 16.1 Å². The summed E-state index contributed by atoms with van der Waals surface area (Å²) in [6, 6.07) is 0.